The van der Waals surface area contributed by atoms with Crippen LogP contribution in [-0.4, -0.2) is 31.1 Å². The van der Waals surface area contributed by atoms with Crippen LogP contribution < -0.4 is 10.1 Å². The van der Waals surface area contributed by atoms with Crippen molar-refractivity contribution in [3.05, 3.63) is 77.9 Å². The zero-order chi connectivity index (χ0) is 21.1. The minimum absolute atomic E-state index is 0.239. The summed E-state index contributed by atoms with van der Waals surface area (Å²) in [6, 6.07) is 19.1. The highest BCUT2D eigenvalue weighted by Gasteiger charge is 2.21. The number of nitrogens with one attached hydrogen (secondary N) is 1. The van der Waals surface area contributed by atoms with Crippen LogP contribution in [0.3, 0.4) is 0 Å². The summed E-state index contributed by atoms with van der Waals surface area (Å²) in [5.74, 6) is -0.118. The third-order valence-corrected chi connectivity index (χ3v) is 4.58. The minimum atomic E-state index is -0.510. The van der Waals surface area contributed by atoms with Gasteiger partial charge in [0.05, 0.1) is 31.0 Å². The number of nitrogens with zero attached hydrogens (tertiary/aromatic N) is 1. The maximum absolute atomic E-state index is 12.7. The van der Waals surface area contributed by atoms with Gasteiger partial charge >= 0.3 is 5.97 Å². The molecule has 7 nitrogen and oxygen atoms in total. The van der Waals surface area contributed by atoms with Crippen LogP contribution in [-0.2, 0) is 4.74 Å². The summed E-state index contributed by atoms with van der Waals surface area (Å²) in [5, 5.41) is 2.88. The molecule has 0 atom stereocenters. The van der Waals surface area contributed by atoms with Crippen molar-refractivity contribution in [2.75, 3.05) is 19.5 Å². The van der Waals surface area contributed by atoms with Gasteiger partial charge in [0.25, 0.3) is 5.91 Å². The van der Waals surface area contributed by atoms with Crippen LogP contribution in [0, 0.1) is 0 Å². The number of methoxy groups -OCH3 is 2. The summed E-state index contributed by atoms with van der Waals surface area (Å²) in [4.78, 5) is 29.3. The lowest BCUT2D eigenvalue weighted by molar-refractivity contribution is 0.0602. The van der Waals surface area contributed by atoms with Gasteiger partial charge < -0.3 is 19.2 Å². The number of aromatic nitrogens is 1. The van der Waals surface area contributed by atoms with Crippen molar-refractivity contribution in [2.45, 2.75) is 0 Å². The highest BCUT2D eigenvalue weighted by Crippen LogP contribution is 2.37. The Kier molecular flexibility index (Phi) is 5.17. The standard InChI is InChI=1S/C23H18N2O5/c1-28-17-12-6-10-15(19(17)24-21(26)14-8-4-3-5-9-14)22-25-20-16(23(27)29-2)11-7-13-18(20)30-22/h3-13H,1-2H3,(H,24,26). The van der Waals surface area contributed by atoms with E-state index in [1.807, 2.05) is 6.07 Å². The fourth-order valence-corrected chi connectivity index (χ4v) is 3.12. The molecule has 0 fully saturated rings. The van der Waals surface area contributed by atoms with Crippen molar-refractivity contribution in [1.29, 1.82) is 0 Å². The van der Waals surface area contributed by atoms with Gasteiger partial charge in [0.15, 0.2) is 5.58 Å². The van der Waals surface area contributed by atoms with Crippen molar-refractivity contribution in [1.82, 2.24) is 4.98 Å². The van der Waals surface area contributed by atoms with Gasteiger partial charge in [-0.25, -0.2) is 9.78 Å². The van der Waals surface area contributed by atoms with E-state index in [4.69, 9.17) is 13.9 Å². The quantitative estimate of drug-likeness (QED) is 0.493. The average Bonchev–Trinajstić information content (AvgIpc) is 3.23. The number of anilines is 1. The summed E-state index contributed by atoms with van der Waals surface area (Å²) >= 11 is 0. The van der Waals surface area contributed by atoms with Crippen LogP contribution in [0.15, 0.2) is 71.1 Å². The predicted octanol–water partition coefficient (Wildman–Crippen LogP) is 4.54. The molecule has 0 radical (unpaired) electrons. The number of benzene rings is 3. The number of para-hydroxylation sites is 2. The number of amides is 1. The van der Waals surface area contributed by atoms with E-state index in [9.17, 15) is 9.59 Å². The number of ether oxygens (including phenoxy) is 2. The van der Waals surface area contributed by atoms with Crippen molar-refractivity contribution < 1.29 is 23.5 Å². The number of esters is 1. The van der Waals surface area contributed by atoms with E-state index < -0.39 is 5.97 Å². The topological polar surface area (TPSA) is 90.7 Å². The first-order chi connectivity index (χ1) is 14.6. The van der Waals surface area contributed by atoms with Crippen LogP contribution in [0.4, 0.5) is 5.69 Å². The second-order valence-corrected chi connectivity index (χ2v) is 6.37. The van der Waals surface area contributed by atoms with E-state index >= 15 is 0 Å². The van der Waals surface area contributed by atoms with Gasteiger partial charge in [-0.05, 0) is 36.4 Å². The van der Waals surface area contributed by atoms with Gasteiger partial charge in [0.1, 0.15) is 11.3 Å². The first-order valence-electron chi connectivity index (χ1n) is 9.14. The molecular weight excluding hydrogens is 384 g/mol. The smallest absolute Gasteiger partial charge is 0.340 e. The molecule has 1 heterocycles. The molecule has 0 saturated heterocycles. The Morgan fingerprint density at radius 3 is 2.43 bits per heavy atom. The monoisotopic (exact) mass is 402 g/mol. The van der Waals surface area contributed by atoms with Crippen LogP contribution in [0.5, 0.6) is 5.75 Å². The van der Waals surface area contributed by atoms with Crippen molar-refractivity contribution >= 4 is 28.7 Å². The average molecular weight is 402 g/mol. The summed E-state index contributed by atoms with van der Waals surface area (Å²) in [6.45, 7) is 0. The van der Waals surface area contributed by atoms with Gasteiger partial charge in [-0.1, -0.05) is 30.3 Å². The molecule has 4 rings (SSSR count). The summed E-state index contributed by atoms with van der Waals surface area (Å²) in [5.41, 5.74) is 2.53. The van der Waals surface area contributed by atoms with Gasteiger partial charge in [0, 0.05) is 5.56 Å². The van der Waals surface area contributed by atoms with Crippen LogP contribution in [0.1, 0.15) is 20.7 Å². The second-order valence-electron chi connectivity index (χ2n) is 6.37. The van der Waals surface area contributed by atoms with E-state index in [-0.39, 0.29) is 11.8 Å². The first kappa shape index (κ1) is 19.2. The maximum atomic E-state index is 12.7. The number of hydrogen-bond acceptors (Lipinski definition) is 6. The number of fused-ring (bicyclic) bond motifs is 1. The number of hydrogen-bond donors (Lipinski definition) is 1. The van der Waals surface area contributed by atoms with E-state index in [1.54, 1.807) is 60.7 Å². The summed E-state index contributed by atoms with van der Waals surface area (Å²) < 4.78 is 16.2. The SMILES string of the molecule is COC(=O)c1cccc2oc(-c3cccc(OC)c3NC(=O)c3ccccc3)nc12. The molecule has 150 valence electrons. The van der Waals surface area contributed by atoms with Gasteiger partial charge in [-0.2, -0.15) is 0 Å². The summed E-state index contributed by atoms with van der Waals surface area (Å²) in [6.07, 6.45) is 0. The molecule has 0 unspecified atom stereocenters. The molecule has 1 amide bonds. The molecule has 0 spiro atoms. The maximum Gasteiger partial charge on any atom is 0.340 e. The highest BCUT2D eigenvalue weighted by molar-refractivity contribution is 6.07. The number of carbonyl (C=O) groups is 2. The Hall–Kier alpha value is -4.13. The molecule has 30 heavy (non-hydrogen) atoms. The molecule has 0 aliphatic rings. The Balaban J connectivity index is 1.82. The van der Waals surface area contributed by atoms with Crippen LogP contribution in [0.25, 0.3) is 22.6 Å². The Bertz CT molecular complexity index is 1230. The molecule has 0 bridgehead atoms. The molecule has 0 saturated carbocycles. The first-order valence-corrected chi connectivity index (χ1v) is 9.14. The second kappa shape index (κ2) is 8.08. The van der Waals surface area contributed by atoms with Gasteiger partial charge in [-0.15, -0.1) is 0 Å². The summed E-state index contributed by atoms with van der Waals surface area (Å²) in [7, 11) is 2.82. The largest absolute Gasteiger partial charge is 0.495 e. The Morgan fingerprint density at radius 1 is 0.933 bits per heavy atom. The Labute approximate surface area is 172 Å². The molecule has 7 heteroatoms. The lowest BCUT2D eigenvalue weighted by Gasteiger charge is -2.13. The predicted molar refractivity (Wildman–Crippen MR) is 112 cm³/mol. The third-order valence-electron chi connectivity index (χ3n) is 4.58. The zero-order valence-electron chi connectivity index (χ0n) is 16.3. The number of carbonyl (C=O) groups excluding carboxylic acids is 2. The number of rotatable bonds is 5. The van der Waals surface area contributed by atoms with Crippen LogP contribution >= 0.6 is 0 Å². The van der Waals surface area contributed by atoms with Crippen molar-refractivity contribution in [2.24, 2.45) is 0 Å². The molecule has 1 N–H and O–H groups in total. The molecule has 0 aliphatic carbocycles. The number of oxazole rings is 1. The van der Waals surface area contributed by atoms with E-state index in [2.05, 4.69) is 10.3 Å². The Morgan fingerprint density at radius 2 is 1.70 bits per heavy atom. The molecule has 0 aliphatic heterocycles. The van der Waals surface area contributed by atoms with Crippen LogP contribution in [0.2, 0.25) is 0 Å². The van der Waals surface area contributed by atoms with Gasteiger partial charge in [-0.3, -0.25) is 4.79 Å². The normalized spacial score (nSPS) is 10.6. The molecule has 3 aromatic carbocycles. The van der Waals surface area contributed by atoms with Crippen molar-refractivity contribution in [3.63, 3.8) is 0 Å². The minimum Gasteiger partial charge on any atom is -0.495 e. The fourth-order valence-electron chi connectivity index (χ4n) is 3.12. The molecular formula is C23H18N2O5. The highest BCUT2D eigenvalue weighted by atomic mass is 16.5. The van der Waals surface area contributed by atoms with Gasteiger partial charge in [0.2, 0.25) is 5.89 Å². The van der Waals surface area contributed by atoms with Crippen molar-refractivity contribution in [3.8, 4) is 17.2 Å². The molecule has 4 aromatic rings. The zero-order valence-corrected chi connectivity index (χ0v) is 16.3. The lowest BCUT2D eigenvalue weighted by Crippen LogP contribution is -2.13. The fraction of sp³-hybridized carbons (Fsp3) is 0.0870. The third kappa shape index (κ3) is 3.48. The van der Waals surface area contributed by atoms with E-state index in [1.165, 1.54) is 14.2 Å². The van der Waals surface area contributed by atoms with E-state index in [0.29, 0.717) is 39.2 Å². The molecule has 1 aromatic heterocycles. The lowest BCUT2D eigenvalue weighted by atomic mass is 10.1. The van der Waals surface area contributed by atoms with E-state index in [0.717, 1.165) is 0 Å².